The van der Waals surface area contributed by atoms with Gasteiger partial charge in [-0.1, -0.05) is 43.8 Å². The van der Waals surface area contributed by atoms with Crippen molar-refractivity contribution in [3.05, 3.63) is 36.0 Å². The number of nitrogens with one attached hydrogen (secondary N) is 2. The maximum absolute atomic E-state index is 12.3. The zero-order chi connectivity index (χ0) is 31.4. The van der Waals surface area contributed by atoms with Crippen molar-refractivity contribution in [1.82, 2.24) is 19.8 Å². The quantitative estimate of drug-likeness (QED) is 0.125. The average Bonchev–Trinajstić information content (AvgIpc) is 2.98. The van der Waals surface area contributed by atoms with Gasteiger partial charge in [0, 0.05) is 50.5 Å². The zero-order valence-electron chi connectivity index (χ0n) is 25.1. The minimum absolute atomic E-state index is 0.0648. The Labute approximate surface area is 263 Å². The van der Waals surface area contributed by atoms with Gasteiger partial charge in [-0.2, -0.15) is 0 Å². The number of aromatic nitrogens is 2. The maximum atomic E-state index is 12.3. The smallest absolute Gasteiger partial charge is 0.247 e. The first-order valence-electron chi connectivity index (χ1n) is 13.7. The normalized spacial score (nSPS) is 15.0. The van der Waals surface area contributed by atoms with Gasteiger partial charge < -0.3 is 34.6 Å². The van der Waals surface area contributed by atoms with E-state index in [1.54, 1.807) is 25.1 Å². The average molecular weight is 640 g/mol. The Kier molecular flexibility index (Phi) is 14.7. The number of ether oxygens (including phenoxy) is 1. The summed E-state index contributed by atoms with van der Waals surface area (Å²) in [6.45, 7) is 12.2. The molecule has 3 heterocycles. The number of hydrogen-bond donors (Lipinski definition) is 4. The Morgan fingerprint density at radius 1 is 1.21 bits per heavy atom. The molecule has 4 rings (SSSR count). The van der Waals surface area contributed by atoms with Gasteiger partial charge in [0.05, 0.1) is 35.4 Å². The Balaban J connectivity index is 0.00000148. The van der Waals surface area contributed by atoms with E-state index in [1.165, 1.54) is 17.8 Å². The summed E-state index contributed by atoms with van der Waals surface area (Å²) in [6, 6.07) is 4.28. The van der Waals surface area contributed by atoms with E-state index in [0.717, 1.165) is 31.6 Å². The number of thiol groups is 1. The molecule has 11 nitrogen and oxygen atoms in total. The van der Waals surface area contributed by atoms with E-state index >= 15 is 0 Å². The maximum Gasteiger partial charge on any atom is 0.247 e. The largest absolute Gasteiger partial charge is 0.494 e. The van der Waals surface area contributed by atoms with Crippen molar-refractivity contribution >= 4 is 71.1 Å². The van der Waals surface area contributed by atoms with E-state index in [9.17, 15) is 9.59 Å². The molecule has 2 aliphatic heterocycles. The van der Waals surface area contributed by atoms with E-state index in [2.05, 4.69) is 64.0 Å². The zero-order valence-corrected chi connectivity index (χ0v) is 27.5. The highest BCUT2D eigenvalue weighted by Gasteiger charge is 2.30. The fourth-order valence-electron chi connectivity index (χ4n) is 4.55. The third-order valence-electron chi connectivity index (χ3n) is 6.83. The lowest BCUT2D eigenvalue weighted by Gasteiger charge is -2.37. The monoisotopic (exact) mass is 639 g/mol. The van der Waals surface area contributed by atoms with Gasteiger partial charge in [-0.05, 0) is 52.0 Å². The van der Waals surface area contributed by atoms with E-state index in [1.807, 2.05) is 26.0 Å². The van der Waals surface area contributed by atoms with Gasteiger partial charge in [-0.3, -0.25) is 9.59 Å². The molecule has 0 spiro atoms. The second kappa shape index (κ2) is 17.4. The summed E-state index contributed by atoms with van der Waals surface area (Å²) < 4.78 is 12.4. The number of rotatable bonds is 9. The van der Waals surface area contributed by atoms with Gasteiger partial charge in [0.15, 0.2) is 0 Å². The number of carbonyl (C=O) groups is 2. The standard InChI is InChI=1S/C26H34ClN7O3S.C2H6.H2OS/c1-6-24(36)29-20-11-21(23(37-5)12-22(20)33-9-7-17(8-10-33)32(3)4)30-26-28-13-19(27)25(31-26)38-18-14-34(15-18)16(2)35;2*1-2/h6,11-13,17-18H,1,7-10,14-15H2,2-5H3,(H,29,36)(H,28,30,31);1-2H3;1-2H. The van der Waals surface area contributed by atoms with Crippen LogP contribution in [0.3, 0.4) is 0 Å². The first kappa shape index (κ1) is 35.5. The second-order valence-corrected chi connectivity index (χ2v) is 11.3. The van der Waals surface area contributed by atoms with Gasteiger partial charge in [-0.15, -0.1) is 0 Å². The number of piperidine rings is 1. The van der Waals surface area contributed by atoms with E-state index in [-0.39, 0.29) is 17.1 Å². The number of methoxy groups -OCH3 is 1. The summed E-state index contributed by atoms with van der Waals surface area (Å²) in [5.41, 5.74) is 2.13. The highest BCUT2D eigenvalue weighted by Crippen LogP contribution is 2.40. The number of thioether (sulfide) groups is 1. The van der Waals surface area contributed by atoms with Crippen LogP contribution in [0, 0.1) is 0 Å². The lowest BCUT2D eigenvalue weighted by Crippen LogP contribution is -2.51. The lowest BCUT2D eigenvalue weighted by molar-refractivity contribution is -0.131. The minimum atomic E-state index is -0.299. The van der Waals surface area contributed by atoms with Crippen LogP contribution in [-0.4, -0.2) is 94.8 Å². The van der Waals surface area contributed by atoms with Gasteiger partial charge in [-0.25, -0.2) is 9.97 Å². The van der Waals surface area contributed by atoms with Crippen LogP contribution in [-0.2, 0) is 9.59 Å². The molecule has 2 amide bonds. The van der Waals surface area contributed by atoms with E-state index in [0.29, 0.717) is 52.3 Å². The molecular formula is C28H42ClN7O4S2. The highest BCUT2D eigenvalue weighted by atomic mass is 35.5. The molecule has 232 valence electrons. The van der Waals surface area contributed by atoms with Crippen molar-refractivity contribution in [1.29, 1.82) is 0 Å². The fourth-order valence-corrected chi connectivity index (χ4v) is 5.90. The van der Waals surface area contributed by atoms with Crippen molar-refractivity contribution in [2.45, 2.75) is 49.9 Å². The number of anilines is 4. The topological polar surface area (TPSA) is 123 Å². The van der Waals surface area contributed by atoms with Gasteiger partial charge in [0.1, 0.15) is 10.8 Å². The molecule has 0 aliphatic carbocycles. The van der Waals surface area contributed by atoms with Crippen molar-refractivity contribution in [3.8, 4) is 5.75 Å². The molecule has 14 heteroatoms. The van der Waals surface area contributed by atoms with Crippen LogP contribution in [0.1, 0.15) is 33.6 Å². The second-order valence-electron chi connectivity index (χ2n) is 9.58. The van der Waals surface area contributed by atoms with Crippen LogP contribution in [0.15, 0.2) is 36.0 Å². The molecule has 2 fully saturated rings. The van der Waals surface area contributed by atoms with Crippen LogP contribution in [0.5, 0.6) is 5.75 Å². The molecular weight excluding hydrogens is 598 g/mol. The fraction of sp³-hybridized carbons (Fsp3) is 0.500. The summed E-state index contributed by atoms with van der Waals surface area (Å²) in [6.07, 6.45) is 4.85. The molecule has 0 bridgehead atoms. The first-order valence-corrected chi connectivity index (χ1v) is 15.3. The Morgan fingerprint density at radius 3 is 2.40 bits per heavy atom. The van der Waals surface area contributed by atoms with Crippen LogP contribution in [0.4, 0.5) is 23.0 Å². The van der Waals surface area contributed by atoms with Crippen molar-refractivity contribution < 1.29 is 18.9 Å². The summed E-state index contributed by atoms with van der Waals surface area (Å²) in [7, 11) is 5.82. The third-order valence-corrected chi connectivity index (χ3v) is 8.38. The van der Waals surface area contributed by atoms with Crippen LogP contribution >= 0.6 is 36.3 Å². The minimum Gasteiger partial charge on any atom is -0.494 e. The first-order chi connectivity index (χ1) is 20.2. The van der Waals surface area contributed by atoms with Gasteiger partial charge in [0.25, 0.3) is 0 Å². The molecule has 3 N–H and O–H groups in total. The molecule has 0 saturated carbocycles. The van der Waals surface area contributed by atoms with E-state index < -0.39 is 0 Å². The number of nitrogens with zero attached hydrogens (tertiary/aromatic N) is 5. The van der Waals surface area contributed by atoms with Crippen LogP contribution < -0.4 is 20.3 Å². The SMILES string of the molecule is C=CC(=O)Nc1cc(Nc2ncc(Cl)c(SC3CN(C(C)=O)C3)n2)c(OC)cc1N1CCC(N(C)C)CC1.CC.OS. The predicted octanol–water partition coefficient (Wildman–Crippen LogP) is 5.28. The van der Waals surface area contributed by atoms with Crippen molar-refractivity contribution in [3.63, 3.8) is 0 Å². The number of carbonyl (C=O) groups excluding carboxylic acids is 2. The summed E-state index contributed by atoms with van der Waals surface area (Å²) >= 11 is 10.4. The van der Waals surface area contributed by atoms with Gasteiger partial charge >= 0.3 is 0 Å². The van der Waals surface area contributed by atoms with Crippen molar-refractivity contribution in [2.75, 3.05) is 62.9 Å². The van der Waals surface area contributed by atoms with Crippen LogP contribution in [0.2, 0.25) is 5.02 Å². The molecule has 0 radical (unpaired) electrons. The molecule has 0 unspecified atom stereocenters. The summed E-state index contributed by atoms with van der Waals surface area (Å²) in [4.78, 5) is 39.0. The molecule has 0 atom stereocenters. The highest BCUT2D eigenvalue weighted by molar-refractivity contribution is 8.00. The summed E-state index contributed by atoms with van der Waals surface area (Å²) in [5, 5.41) is 7.48. The van der Waals surface area contributed by atoms with E-state index in [4.69, 9.17) is 20.9 Å². The number of hydrogen-bond acceptors (Lipinski definition) is 11. The molecule has 1 aromatic carbocycles. The molecule has 2 aromatic rings. The predicted molar refractivity (Wildman–Crippen MR) is 176 cm³/mol. The Bertz CT molecular complexity index is 1210. The number of amides is 2. The number of benzene rings is 1. The molecule has 2 aliphatic rings. The lowest BCUT2D eigenvalue weighted by atomic mass is 10.0. The number of halogens is 1. The molecule has 42 heavy (non-hydrogen) atoms. The molecule has 2 saturated heterocycles. The molecule has 1 aromatic heterocycles. The van der Waals surface area contributed by atoms with Crippen molar-refractivity contribution in [2.24, 2.45) is 0 Å². The van der Waals surface area contributed by atoms with Gasteiger partial charge in [0.2, 0.25) is 17.8 Å². The number of likely N-dealkylation sites (tertiary alicyclic amines) is 1. The summed E-state index contributed by atoms with van der Waals surface area (Å²) in [5.74, 6) is 0.704. The van der Waals surface area contributed by atoms with Crippen LogP contribution in [0.25, 0.3) is 0 Å². The third kappa shape index (κ3) is 9.40. The Morgan fingerprint density at radius 2 is 1.86 bits per heavy atom. The Hall–Kier alpha value is -2.71.